The van der Waals surface area contributed by atoms with Crippen molar-refractivity contribution in [3.05, 3.63) is 29.8 Å². The topological polar surface area (TPSA) is 108 Å². The Labute approximate surface area is 176 Å². The third-order valence-corrected chi connectivity index (χ3v) is 7.62. The molecule has 2 saturated carbocycles. The van der Waals surface area contributed by atoms with Crippen LogP contribution in [0, 0.1) is 6.92 Å². The van der Waals surface area contributed by atoms with Crippen molar-refractivity contribution in [2.45, 2.75) is 86.5 Å². The molecule has 8 nitrogen and oxygen atoms in total. The van der Waals surface area contributed by atoms with Crippen LogP contribution in [-0.4, -0.2) is 56.3 Å². The van der Waals surface area contributed by atoms with E-state index in [1.54, 1.807) is 12.1 Å². The lowest BCUT2D eigenvalue weighted by molar-refractivity contribution is -0.197. The summed E-state index contributed by atoms with van der Waals surface area (Å²) in [5, 5.41) is 11.0. The summed E-state index contributed by atoms with van der Waals surface area (Å²) in [6, 6.07) is 6.28. The molecular formula is C21H28O8S. The third-order valence-electron chi connectivity index (χ3n) is 6.27. The molecule has 0 radical (unpaired) electrons. The van der Waals surface area contributed by atoms with E-state index >= 15 is 0 Å². The number of carbonyl (C=O) groups excluding carboxylic acids is 1. The fraction of sp³-hybridized carbons (Fsp3) is 0.667. The number of hydrogen-bond donors (Lipinski definition) is 1. The zero-order chi connectivity index (χ0) is 21.6. The van der Waals surface area contributed by atoms with E-state index in [2.05, 4.69) is 0 Å². The Hall–Kier alpha value is -1.52. The second kappa shape index (κ2) is 7.87. The summed E-state index contributed by atoms with van der Waals surface area (Å²) >= 11 is 0. The molecule has 1 aromatic rings. The Kier molecular flexibility index (Phi) is 5.69. The van der Waals surface area contributed by atoms with Crippen molar-refractivity contribution in [3.8, 4) is 0 Å². The van der Waals surface area contributed by atoms with Gasteiger partial charge in [-0.25, -0.2) is 4.79 Å². The van der Waals surface area contributed by atoms with Crippen molar-refractivity contribution >= 4 is 16.1 Å². The third kappa shape index (κ3) is 4.01. The van der Waals surface area contributed by atoms with Crippen LogP contribution in [0.1, 0.15) is 50.5 Å². The number of fused-ring (bicyclic) bond motifs is 1. The summed E-state index contributed by atoms with van der Waals surface area (Å²) in [5.41, 5.74) is -0.994. The maximum Gasteiger partial charge on any atom is 0.338 e. The van der Waals surface area contributed by atoms with Crippen LogP contribution < -0.4 is 0 Å². The summed E-state index contributed by atoms with van der Waals surface area (Å²) in [7, 11) is -2.96. The number of carbonyl (C=O) groups is 1. The number of methoxy groups -OCH3 is 1. The van der Waals surface area contributed by atoms with Gasteiger partial charge in [0.05, 0.1) is 18.1 Å². The van der Waals surface area contributed by atoms with Crippen molar-refractivity contribution < 1.29 is 36.7 Å². The first-order chi connectivity index (χ1) is 14.2. The quantitative estimate of drug-likeness (QED) is 0.561. The molecule has 0 amide bonds. The number of esters is 1. The van der Waals surface area contributed by atoms with Gasteiger partial charge in [0.15, 0.2) is 11.4 Å². The molecule has 166 valence electrons. The highest BCUT2D eigenvalue weighted by molar-refractivity contribution is 7.86. The molecule has 4 atom stereocenters. The molecule has 30 heavy (non-hydrogen) atoms. The van der Waals surface area contributed by atoms with Crippen LogP contribution in [-0.2, 0) is 33.3 Å². The molecular weight excluding hydrogens is 412 g/mol. The van der Waals surface area contributed by atoms with Gasteiger partial charge in [-0.3, -0.25) is 4.18 Å². The van der Waals surface area contributed by atoms with Crippen LogP contribution in [0.15, 0.2) is 29.2 Å². The first-order valence-corrected chi connectivity index (χ1v) is 11.7. The van der Waals surface area contributed by atoms with Crippen molar-refractivity contribution in [2.75, 3.05) is 7.11 Å². The summed E-state index contributed by atoms with van der Waals surface area (Å²) in [6.07, 6.45) is 1.59. The standard InChI is InChI=1S/C21H28O8S/c1-14-6-8-15(9-7-14)30(24,25)29-17-13-20(23,19(22)26-2)12-16-18(17)28-21(27-16)10-4-3-5-11-21/h6-9,16-18,23H,3-5,10-13H2,1-2H3/t16-,17-,18-,20+/m1/s1. The smallest absolute Gasteiger partial charge is 0.338 e. The number of aliphatic hydroxyl groups is 1. The highest BCUT2D eigenvalue weighted by atomic mass is 32.2. The fourth-order valence-corrected chi connectivity index (χ4v) is 5.81. The Bertz CT molecular complexity index is 890. The molecule has 1 aromatic carbocycles. The van der Waals surface area contributed by atoms with Crippen LogP contribution >= 0.6 is 0 Å². The molecule has 4 rings (SSSR count). The monoisotopic (exact) mass is 440 g/mol. The highest BCUT2D eigenvalue weighted by Gasteiger charge is 2.60. The van der Waals surface area contributed by atoms with Crippen LogP contribution in [0.25, 0.3) is 0 Å². The van der Waals surface area contributed by atoms with E-state index in [1.165, 1.54) is 19.2 Å². The maximum absolute atomic E-state index is 12.9. The molecule has 2 aliphatic carbocycles. The number of hydrogen-bond acceptors (Lipinski definition) is 8. The molecule has 1 saturated heterocycles. The second-order valence-corrected chi connectivity index (χ2v) is 10.1. The number of ether oxygens (including phenoxy) is 3. The van der Waals surface area contributed by atoms with E-state index in [-0.39, 0.29) is 17.7 Å². The molecule has 0 bridgehead atoms. The highest BCUT2D eigenvalue weighted by Crippen LogP contribution is 2.48. The minimum atomic E-state index is -4.14. The lowest BCUT2D eigenvalue weighted by atomic mass is 9.80. The SMILES string of the molecule is COC(=O)[C@]1(O)C[C@H]2OC3(CCCCC3)O[C@H]2[C@H](OS(=O)(=O)c2ccc(C)cc2)C1. The molecule has 0 unspecified atom stereocenters. The van der Waals surface area contributed by atoms with Gasteiger partial charge in [-0.15, -0.1) is 0 Å². The minimum Gasteiger partial charge on any atom is -0.467 e. The van der Waals surface area contributed by atoms with Crippen LogP contribution in [0.2, 0.25) is 0 Å². The van der Waals surface area contributed by atoms with Gasteiger partial charge in [-0.05, 0) is 31.9 Å². The van der Waals surface area contributed by atoms with Crippen molar-refractivity contribution in [1.82, 2.24) is 0 Å². The van der Waals surface area contributed by atoms with Gasteiger partial charge in [0.2, 0.25) is 0 Å². The van der Waals surface area contributed by atoms with Gasteiger partial charge in [-0.1, -0.05) is 24.1 Å². The Balaban J connectivity index is 1.63. The average molecular weight is 441 g/mol. The van der Waals surface area contributed by atoms with Crippen LogP contribution in [0.5, 0.6) is 0 Å². The van der Waals surface area contributed by atoms with Crippen molar-refractivity contribution in [2.24, 2.45) is 0 Å². The Morgan fingerprint density at radius 1 is 1.10 bits per heavy atom. The first-order valence-electron chi connectivity index (χ1n) is 10.3. The van der Waals surface area contributed by atoms with Gasteiger partial charge >= 0.3 is 5.97 Å². The molecule has 1 heterocycles. The Morgan fingerprint density at radius 3 is 2.40 bits per heavy atom. The zero-order valence-electron chi connectivity index (χ0n) is 17.2. The predicted octanol–water partition coefficient (Wildman–Crippen LogP) is 2.21. The van der Waals surface area contributed by atoms with E-state index in [0.717, 1.165) is 24.8 Å². The predicted molar refractivity (Wildman–Crippen MR) is 105 cm³/mol. The largest absolute Gasteiger partial charge is 0.467 e. The molecule has 1 aliphatic heterocycles. The Morgan fingerprint density at radius 2 is 1.77 bits per heavy atom. The summed E-state index contributed by atoms with van der Waals surface area (Å²) in [6.45, 7) is 1.85. The zero-order valence-corrected chi connectivity index (χ0v) is 18.0. The van der Waals surface area contributed by atoms with Crippen LogP contribution in [0.3, 0.4) is 0 Å². The van der Waals surface area contributed by atoms with Gasteiger partial charge in [-0.2, -0.15) is 8.42 Å². The van der Waals surface area contributed by atoms with Gasteiger partial charge < -0.3 is 19.3 Å². The van der Waals surface area contributed by atoms with Gasteiger partial charge in [0.1, 0.15) is 12.2 Å². The van der Waals surface area contributed by atoms with Gasteiger partial charge in [0, 0.05) is 25.7 Å². The minimum absolute atomic E-state index is 0.00289. The van der Waals surface area contributed by atoms with Crippen molar-refractivity contribution in [3.63, 3.8) is 0 Å². The first kappa shape index (κ1) is 21.7. The normalized spacial score (nSPS) is 33.2. The number of benzene rings is 1. The molecule has 1 N–H and O–H groups in total. The van der Waals surface area contributed by atoms with Crippen molar-refractivity contribution in [1.29, 1.82) is 0 Å². The molecule has 3 fully saturated rings. The van der Waals surface area contributed by atoms with E-state index in [4.69, 9.17) is 18.4 Å². The summed E-state index contributed by atoms with van der Waals surface area (Å²) in [4.78, 5) is 12.3. The summed E-state index contributed by atoms with van der Waals surface area (Å²) < 4.78 is 48.5. The fourth-order valence-electron chi connectivity index (χ4n) is 4.73. The molecule has 3 aliphatic rings. The van der Waals surface area contributed by atoms with Gasteiger partial charge in [0.25, 0.3) is 10.1 Å². The average Bonchev–Trinajstić information content (AvgIpc) is 3.05. The number of rotatable bonds is 4. The van der Waals surface area contributed by atoms with E-state index in [0.29, 0.717) is 12.8 Å². The van der Waals surface area contributed by atoms with Crippen LogP contribution in [0.4, 0.5) is 0 Å². The second-order valence-electron chi connectivity index (χ2n) is 8.54. The van der Waals surface area contributed by atoms with E-state index in [9.17, 15) is 18.3 Å². The maximum atomic E-state index is 12.9. The molecule has 9 heteroatoms. The lowest BCUT2D eigenvalue weighted by Crippen LogP contribution is -2.56. The molecule has 1 spiro atoms. The van der Waals surface area contributed by atoms with E-state index in [1.807, 2.05) is 6.92 Å². The lowest BCUT2D eigenvalue weighted by Gasteiger charge is -2.39. The number of aryl methyl sites for hydroxylation is 1. The molecule has 0 aromatic heterocycles. The van der Waals surface area contributed by atoms with E-state index < -0.39 is 45.8 Å². The summed E-state index contributed by atoms with van der Waals surface area (Å²) in [5.74, 6) is -1.65.